The summed E-state index contributed by atoms with van der Waals surface area (Å²) in [6, 6.07) is 5.80. The summed E-state index contributed by atoms with van der Waals surface area (Å²) in [5.74, 6) is 1.27. The maximum absolute atomic E-state index is 10.1. The van der Waals surface area contributed by atoms with Crippen LogP contribution in [0.4, 0.5) is 0 Å². The number of thioether (sulfide) groups is 1. The number of pyridine rings is 1. The minimum atomic E-state index is 0.0639. The molecule has 0 aromatic carbocycles. The van der Waals surface area contributed by atoms with Crippen LogP contribution in [0.25, 0.3) is 0 Å². The molecule has 18 heavy (non-hydrogen) atoms. The summed E-state index contributed by atoms with van der Waals surface area (Å²) in [6.45, 7) is 1.80. The number of aliphatic hydroxyl groups excluding tert-OH is 2. The van der Waals surface area contributed by atoms with Crippen molar-refractivity contribution in [2.24, 2.45) is 0 Å². The number of carbonyl (C=O) groups excluding carboxylic acids is 1. The molecule has 0 fully saturated rings. The Labute approximate surface area is 119 Å². The lowest BCUT2D eigenvalue weighted by Crippen LogP contribution is -1.89. The molecule has 1 heterocycles. The Morgan fingerprint density at radius 1 is 1.28 bits per heavy atom. The highest BCUT2D eigenvalue weighted by atomic mass is 33.1. The molecule has 0 radical (unpaired) electrons. The topological polar surface area (TPSA) is 70.4 Å². The van der Waals surface area contributed by atoms with Crippen LogP contribution in [-0.2, 0) is 4.79 Å². The van der Waals surface area contributed by atoms with E-state index in [1.165, 1.54) is 6.92 Å². The Kier molecular flexibility index (Phi) is 13.1. The number of nitrogens with zero attached hydrogens (tertiary/aromatic N) is 1. The monoisotopic (exact) mass is 307 g/mol. The first-order chi connectivity index (χ1) is 8.70. The summed E-state index contributed by atoms with van der Waals surface area (Å²) in [4.78, 5) is 14.2. The minimum absolute atomic E-state index is 0.0639. The number of aromatic nitrogens is 1. The molecule has 0 saturated heterocycles. The standard InChI is InChI=1S/C7H9NOS2.C4H8O2S/c9-5-6-10-11-7-3-1-2-4-8-7;1-4(6)7-3-2-5/h1-4,9H,5-6H2;5H,2-3H2,1H3. The molecular weight excluding hydrogens is 290 g/mol. The van der Waals surface area contributed by atoms with Crippen LogP contribution < -0.4 is 0 Å². The van der Waals surface area contributed by atoms with Crippen LogP contribution in [0.2, 0.25) is 0 Å². The maximum atomic E-state index is 10.1. The fraction of sp³-hybridized carbons (Fsp3) is 0.455. The first-order valence-corrected chi connectivity index (χ1v) is 8.56. The van der Waals surface area contributed by atoms with Gasteiger partial charge in [-0.1, -0.05) is 28.6 Å². The van der Waals surface area contributed by atoms with Gasteiger partial charge in [-0.15, -0.1) is 0 Å². The van der Waals surface area contributed by atoms with Crippen molar-refractivity contribution in [3.8, 4) is 0 Å². The maximum Gasteiger partial charge on any atom is 0.185 e. The average molecular weight is 307 g/mol. The third-order valence-electron chi connectivity index (χ3n) is 1.35. The van der Waals surface area contributed by atoms with Crippen LogP contribution in [0.15, 0.2) is 29.4 Å². The molecule has 1 aromatic rings. The first kappa shape index (κ1) is 17.8. The molecule has 0 atom stereocenters. The third-order valence-corrected chi connectivity index (χ3v) is 4.39. The highest BCUT2D eigenvalue weighted by molar-refractivity contribution is 8.76. The highest BCUT2D eigenvalue weighted by Gasteiger charge is 1.92. The first-order valence-electron chi connectivity index (χ1n) is 5.26. The molecule has 0 aliphatic carbocycles. The molecule has 1 aromatic heterocycles. The second-order valence-electron chi connectivity index (χ2n) is 2.86. The van der Waals surface area contributed by atoms with Gasteiger partial charge in [0.25, 0.3) is 0 Å². The lowest BCUT2D eigenvalue weighted by molar-refractivity contribution is -0.109. The van der Waals surface area contributed by atoms with E-state index in [1.54, 1.807) is 27.8 Å². The second-order valence-corrected chi connectivity index (χ2v) is 6.57. The lowest BCUT2D eigenvalue weighted by Gasteiger charge is -1.95. The highest BCUT2D eigenvalue weighted by Crippen LogP contribution is 2.27. The third kappa shape index (κ3) is 12.3. The van der Waals surface area contributed by atoms with E-state index in [-0.39, 0.29) is 18.3 Å². The molecular formula is C11H17NO3S3. The molecule has 0 aliphatic rings. The Bertz CT molecular complexity index is 312. The molecule has 0 aliphatic heterocycles. The van der Waals surface area contributed by atoms with Crippen LogP contribution in [0.5, 0.6) is 0 Å². The van der Waals surface area contributed by atoms with E-state index in [2.05, 4.69) is 4.98 Å². The summed E-state index contributed by atoms with van der Waals surface area (Å²) in [7, 11) is 3.20. The predicted molar refractivity (Wildman–Crippen MR) is 79.9 cm³/mol. The van der Waals surface area contributed by atoms with Crippen LogP contribution in [-0.4, -0.2) is 45.0 Å². The number of hydrogen-bond donors (Lipinski definition) is 2. The molecule has 102 valence electrons. The van der Waals surface area contributed by atoms with Gasteiger partial charge in [-0.3, -0.25) is 4.79 Å². The number of carbonyl (C=O) groups is 1. The smallest absolute Gasteiger partial charge is 0.185 e. The van der Waals surface area contributed by atoms with Crippen molar-refractivity contribution in [3.63, 3.8) is 0 Å². The summed E-state index contributed by atoms with van der Waals surface area (Å²) >= 11 is 1.14. The van der Waals surface area contributed by atoms with Crippen molar-refractivity contribution < 1.29 is 15.0 Å². The number of aliphatic hydroxyl groups is 2. The summed E-state index contributed by atoms with van der Waals surface area (Å²) in [6.07, 6.45) is 1.77. The zero-order valence-corrected chi connectivity index (χ0v) is 12.6. The average Bonchev–Trinajstić information content (AvgIpc) is 2.39. The van der Waals surface area contributed by atoms with Gasteiger partial charge in [0.2, 0.25) is 0 Å². The summed E-state index contributed by atoms with van der Waals surface area (Å²) < 4.78 is 0. The van der Waals surface area contributed by atoms with E-state index in [1.807, 2.05) is 18.2 Å². The van der Waals surface area contributed by atoms with Crippen LogP contribution in [0.3, 0.4) is 0 Å². The van der Waals surface area contributed by atoms with E-state index in [0.717, 1.165) is 22.5 Å². The van der Waals surface area contributed by atoms with E-state index >= 15 is 0 Å². The van der Waals surface area contributed by atoms with Gasteiger partial charge in [-0.25, -0.2) is 4.98 Å². The normalized spacial score (nSPS) is 9.50. The number of rotatable bonds is 6. The molecule has 0 amide bonds. The SMILES string of the molecule is CC(=O)SCCO.OCCSSc1ccccn1. The van der Waals surface area contributed by atoms with Crippen molar-refractivity contribution in [1.82, 2.24) is 4.98 Å². The van der Waals surface area contributed by atoms with Crippen molar-refractivity contribution >= 4 is 38.5 Å². The Morgan fingerprint density at radius 3 is 2.44 bits per heavy atom. The zero-order valence-electron chi connectivity index (χ0n) is 10.1. The molecule has 4 nitrogen and oxygen atoms in total. The van der Waals surface area contributed by atoms with E-state index < -0.39 is 0 Å². The van der Waals surface area contributed by atoms with Gasteiger partial charge in [0.15, 0.2) is 5.12 Å². The van der Waals surface area contributed by atoms with Gasteiger partial charge in [-0.2, -0.15) is 0 Å². The fourth-order valence-electron chi connectivity index (χ4n) is 0.725. The Hall–Kier alpha value is -0.210. The van der Waals surface area contributed by atoms with Gasteiger partial charge in [0.05, 0.1) is 13.2 Å². The van der Waals surface area contributed by atoms with Crippen LogP contribution >= 0.6 is 33.3 Å². The Morgan fingerprint density at radius 2 is 2.00 bits per heavy atom. The van der Waals surface area contributed by atoms with Crippen molar-refractivity contribution in [2.75, 3.05) is 24.7 Å². The summed E-state index contributed by atoms with van der Waals surface area (Å²) in [5.41, 5.74) is 0. The number of hydrogen-bond acceptors (Lipinski definition) is 7. The van der Waals surface area contributed by atoms with Gasteiger partial charge < -0.3 is 10.2 Å². The van der Waals surface area contributed by atoms with Gasteiger partial charge in [-0.05, 0) is 22.9 Å². The fourth-order valence-corrected chi connectivity index (χ4v) is 2.75. The quantitative estimate of drug-likeness (QED) is 0.616. The van der Waals surface area contributed by atoms with E-state index in [9.17, 15) is 4.79 Å². The summed E-state index contributed by atoms with van der Waals surface area (Å²) in [5, 5.41) is 17.7. The van der Waals surface area contributed by atoms with E-state index in [0.29, 0.717) is 5.75 Å². The van der Waals surface area contributed by atoms with Gasteiger partial charge in [0, 0.05) is 24.6 Å². The molecule has 0 spiro atoms. The minimum Gasteiger partial charge on any atom is -0.396 e. The van der Waals surface area contributed by atoms with Crippen LogP contribution in [0.1, 0.15) is 6.92 Å². The second kappa shape index (κ2) is 13.2. The van der Waals surface area contributed by atoms with Crippen LogP contribution in [0, 0.1) is 0 Å². The zero-order chi connectivity index (χ0) is 13.6. The molecule has 0 saturated carbocycles. The lowest BCUT2D eigenvalue weighted by atomic mass is 10.5. The van der Waals surface area contributed by atoms with Crippen molar-refractivity contribution in [2.45, 2.75) is 11.9 Å². The molecule has 0 unspecified atom stereocenters. The molecule has 0 bridgehead atoms. The molecule has 1 rings (SSSR count). The van der Waals surface area contributed by atoms with Crippen molar-refractivity contribution in [3.05, 3.63) is 24.4 Å². The van der Waals surface area contributed by atoms with Crippen molar-refractivity contribution in [1.29, 1.82) is 0 Å². The largest absolute Gasteiger partial charge is 0.396 e. The van der Waals surface area contributed by atoms with Gasteiger partial charge >= 0.3 is 0 Å². The predicted octanol–water partition coefficient (Wildman–Crippen LogP) is 2.07. The van der Waals surface area contributed by atoms with E-state index in [4.69, 9.17) is 10.2 Å². The molecule has 2 N–H and O–H groups in total. The molecule has 7 heteroatoms. The Balaban J connectivity index is 0.000000360. The van der Waals surface area contributed by atoms with Gasteiger partial charge in [0.1, 0.15) is 5.03 Å².